The molecule has 172 valence electrons. The van der Waals surface area contributed by atoms with Crippen molar-refractivity contribution in [3.05, 3.63) is 60.4 Å². The molecule has 2 aliphatic heterocycles. The van der Waals surface area contributed by atoms with Gasteiger partial charge in [-0.05, 0) is 61.6 Å². The molecule has 0 unspecified atom stereocenters. The van der Waals surface area contributed by atoms with Crippen molar-refractivity contribution in [1.82, 2.24) is 19.1 Å². The highest BCUT2D eigenvalue weighted by molar-refractivity contribution is 7.99. The topological polar surface area (TPSA) is 88.4 Å². The summed E-state index contributed by atoms with van der Waals surface area (Å²) in [7, 11) is -3.47. The van der Waals surface area contributed by atoms with Gasteiger partial charge < -0.3 is 4.90 Å². The molecule has 0 saturated carbocycles. The van der Waals surface area contributed by atoms with Gasteiger partial charge in [0.2, 0.25) is 15.9 Å². The molecule has 1 aromatic heterocycles. The number of anilines is 1. The molecule has 0 radical (unpaired) electrons. The first-order valence-electron chi connectivity index (χ1n) is 11.1. The van der Waals surface area contributed by atoms with E-state index in [9.17, 15) is 13.2 Å². The summed E-state index contributed by atoms with van der Waals surface area (Å²) in [6.07, 6.45) is 5.01. The third-order valence-corrected chi connectivity index (χ3v) is 8.87. The van der Waals surface area contributed by atoms with Gasteiger partial charge in [-0.2, -0.15) is 4.31 Å². The Hall–Kier alpha value is -2.69. The summed E-state index contributed by atoms with van der Waals surface area (Å²) in [6.45, 7) is 1.78. The van der Waals surface area contributed by atoms with Gasteiger partial charge in [0.15, 0.2) is 5.16 Å². The Labute approximate surface area is 197 Å². The van der Waals surface area contributed by atoms with Gasteiger partial charge >= 0.3 is 0 Å². The molecule has 2 aliphatic rings. The number of carbonyl (C=O) groups is 1. The van der Waals surface area contributed by atoms with Crippen molar-refractivity contribution in [2.24, 2.45) is 0 Å². The molecule has 8 nitrogen and oxygen atoms in total. The second-order valence-electron chi connectivity index (χ2n) is 8.16. The molecule has 2 aromatic carbocycles. The molecule has 33 heavy (non-hydrogen) atoms. The first-order chi connectivity index (χ1) is 16.0. The van der Waals surface area contributed by atoms with Crippen LogP contribution in [-0.4, -0.2) is 58.8 Å². The first kappa shape index (κ1) is 22.1. The average Bonchev–Trinajstić information content (AvgIpc) is 3.55. The van der Waals surface area contributed by atoms with Gasteiger partial charge in [0.1, 0.15) is 6.33 Å². The molecule has 0 aliphatic carbocycles. The highest BCUT2D eigenvalue weighted by Gasteiger charge is 2.30. The molecule has 0 bridgehead atoms. The molecule has 1 fully saturated rings. The number of hydrogen-bond donors (Lipinski definition) is 0. The van der Waals surface area contributed by atoms with Crippen molar-refractivity contribution in [2.45, 2.75) is 35.7 Å². The van der Waals surface area contributed by atoms with Crippen molar-refractivity contribution in [3.8, 4) is 5.69 Å². The van der Waals surface area contributed by atoms with Crippen LogP contribution in [0.3, 0.4) is 0 Å². The number of fused-ring (bicyclic) bond motifs is 1. The number of para-hydroxylation sites is 1. The van der Waals surface area contributed by atoms with Crippen molar-refractivity contribution in [2.75, 3.05) is 30.3 Å². The minimum Gasteiger partial charge on any atom is -0.311 e. The minimum atomic E-state index is -3.47. The molecule has 10 heteroatoms. The number of sulfonamides is 1. The SMILES string of the molecule is O=C(CSc1nncn1-c1ccccc1)N1CCCc2cc(S(=O)(=O)N3CCCC3)ccc21. The molecule has 0 spiro atoms. The Morgan fingerprint density at radius 1 is 1.00 bits per heavy atom. The van der Waals surface area contributed by atoms with E-state index in [1.54, 1.807) is 33.7 Å². The lowest BCUT2D eigenvalue weighted by molar-refractivity contribution is -0.116. The van der Waals surface area contributed by atoms with E-state index >= 15 is 0 Å². The smallest absolute Gasteiger partial charge is 0.243 e. The lowest BCUT2D eigenvalue weighted by Gasteiger charge is -2.30. The summed E-state index contributed by atoms with van der Waals surface area (Å²) in [5, 5.41) is 8.81. The van der Waals surface area contributed by atoms with Gasteiger partial charge in [-0.3, -0.25) is 9.36 Å². The van der Waals surface area contributed by atoms with Gasteiger partial charge in [-0.1, -0.05) is 30.0 Å². The second kappa shape index (κ2) is 9.28. The Morgan fingerprint density at radius 2 is 1.79 bits per heavy atom. The van der Waals surface area contributed by atoms with Gasteiger partial charge in [0.05, 0.1) is 10.6 Å². The van der Waals surface area contributed by atoms with Crippen molar-refractivity contribution < 1.29 is 13.2 Å². The zero-order valence-corrected chi connectivity index (χ0v) is 19.8. The molecule has 3 heterocycles. The average molecular weight is 484 g/mol. The van der Waals surface area contributed by atoms with Crippen LogP contribution in [0.1, 0.15) is 24.8 Å². The van der Waals surface area contributed by atoms with Crippen LogP contribution in [0.5, 0.6) is 0 Å². The van der Waals surface area contributed by atoms with Crippen LogP contribution in [0.4, 0.5) is 5.69 Å². The number of hydrogen-bond acceptors (Lipinski definition) is 6. The predicted octanol–water partition coefficient (Wildman–Crippen LogP) is 3.12. The van der Waals surface area contributed by atoms with E-state index in [4.69, 9.17) is 0 Å². The second-order valence-corrected chi connectivity index (χ2v) is 11.0. The van der Waals surface area contributed by atoms with Crippen LogP contribution in [0.2, 0.25) is 0 Å². The highest BCUT2D eigenvalue weighted by Crippen LogP contribution is 2.32. The number of aryl methyl sites for hydroxylation is 1. The van der Waals surface area contributed by atoms with Gasteiger partial charge in [-0.25, -0.2) is 8.42 Å². The fraction of sp³-hybridized carbons (Fsp3) is 0.348. The lowest BCUT2D eigenvalue weighted by atomic mass is 10.0. The van der Waals surface area contributed by atoms with Crippen LogP contribution >= 0.6 is 11.8 Å². The fourth-order valence-electron chi connectivity index (χ4n) is 4.36. The number of rotatable bonds is 6. The van der Waals surface area contributed by atoms with E-state index in [2.05, 4.69) is 10.2 Å². The number of amides is 1. The van der Waals surface area contributed by atoms with E-state index in [0.29, 0.717) is 29.7 Å². The number of aromatic nitrogens is 3. The zero-order chi connectivity index (χ0) is 22.8. The molecular weight excluding hydrogens is 458 g/mol. The van der Waals surface area contributed by atoms with Crippen LogP contribution in [0.15, 0.2) is 64.9 Å². The predicted molar refractivity (Wildman–Crippen MR) is 127 cm³/mol. The Bertz CT molecular complexity index is 1250. The first-order valence-corrected chi connectivity index (χ1v) is 13.5. The number of carbonyl (C=O) groups excluding carboxylic acids is 1. The van der Waals surface area contributed by atoms with E-state index in [-0.39, 0.29) is 11.7 Å². The third kappa shape index (κ3) is 4.42. The van der Waals surface area contributed by atoms with E-state index in [1.807, 2.05) is 34.9 Å². The van der Waals surface area contributed by atoms with Crippen molar-refractivity contribution >= 4 is 33.4 Å². The van der Waals surface area contributed by atoms with E-state index in [1.165, 1.54) is 11.8 Å². The summed E-state index contributed by atoms with van der Waals surface area (Å²) in [5.41, 5.74) is 2.65. The molecule has 0 N–H and O–H groups in total. The van der Waals surface area contributed by atoms with Crippen LogP contribution in [0, 0.1) is 0 Å². The van der Waals surface area contributed by atoms with Crippen LogP contribution in [-0.2, 0) is 21.2 Å². The fourth-order valence-corrected chi connectivity index (χ4v) is 6.74. The van der Waals surface area contributed by atoms with Crippen molar-refractivity contribution in [3.63, 3.8) is 0 Å². The normalized spacial score (nSPS) is 16.7. The summed E-state index contributed by atoms with van der Waals surface area (Å²) in [6, 6.07) is 14.9. The summed E-state index contributed by atoms with van der Waals surface area (Å²) in [4.78, 5) is 15.2. The highest BCUT2D eigenvalue weighted by atomic mass is 32.2. The largest absolute Gasteiger partial charge is 0.311 e. The van der Waals surface area contributed by atoms with Gasteiger partial charge in [0, 0.05) is 31.0 Å². The number of benzene rings is 2. The summed E-state index contributed by atoms with van der Waals surface area (Å²) >= 11 is 1.34. The maximum absolute atomic E-state index is 13.1. The van der Waals surface area contributed by atoms with Gasteiger partial charge in [-0.15, -0.1) is 10.2 Å². The monoisotopic (exact) mass is 483 g/mol. The molecule has 5 rings (SSSR count). The minimum absolute atomic E-state index is 0.0290. The quantitative estimate of drug-likeness (QED) is 0.501. The maximum Gasteiger partial charge on any atom is 0.243 e. The summed E-state index contributed by atoms with van der Waals surface area (Å²) < 4.78 is 29.3. The molecule has 1 amide bonds. The lowest BCUT2D eigenvalue weighted by Crippen LogP contribution is -2.37. The van der Waals surface area contributed by atoms with E-state index < -0.39 is 10.0 Å². The number of nitrogens with zero attached hydrogens (tertiary/aromatic N) is 5. The molecule has 3 aromatic rings. The Balaban J connectivity index is 1.32. The van der Waals surface area contributed by atoms with E-state index in [0.717, 1.165) is 42.6 Å². The zero-order valence-electron chi connectivity index (χ0n) is 18.1. The molecular formula is C23H25N5O3S2. The van der Waals surface area contributed by atoms with Crippen LogP contribution < -0.4 is 4.90 Å². The standard InChI is InChI=1S/C23H25N5O3S2/c29-22(16-32-23-25-24-17-28(23)19-8-2-1-3-9-19)27-14-6-7-18-15-20(10-11-21(18)27)33(30,31)26-12-4-5-13-26/h1-3,8-11,15,17H,4-7,12-14,16H2. The molecule has 0 atom stereocenters. The number of thioether (sulfide) groups is 1. The Morgan fingerprint density at radius 3 is 2.58 bits per heavy atom. The summed E-state index contributed by atoms with van der Waals surface area (Å²) in [5.74, 6) is 0.192. The molecule has 1 saturated heterocycles. The maximum atomic E-state index is 13.1. The Kier molecular flexibility index (Phi) is 6.22. The van der Waals surface area contributed by atoms with Gasteiger partial charge in [0.25, 0.3) is 0 Å². The van der Waals surface area contributed by atoms with Crippen LogP contribution in [0.25, 0.3) is 5.69 Å². The van der Waals surface area contributed by atoms with Crippen molar-refractivity contribution in [1.29, 1.82) is 0 Å². The third-order valence-electron chi connectivity index (χ3n) is 6.05.